The van der Waals surface area contributed by atoms with Crippen molar-refractivity contribution in [3.8, 4) is 0 Å². The first-order chi connectivity index (χ1) is 17.1. The number of hydrogen-bond acceptors (Lipinski definition) is 3. The fourth-order valence-electron chi connectivity index (χ4n) is 4.77. The number of anilines is 1. The molecule has 5 rings (SSSR count). The molecule has 1 heterocycles. The number of amides is 2. The standard InChI is InChI=1S/C30H30N2O2S/c1-21-9-5-6-10-24(21)20-32-26-13-7-8-14-27(26)35-28(30(32)34)19-22-15-17-23(18-16-22)29(33)31-25-11-3-2-4-12-25/h5-10,13-19,25H,2-4,11-12,20H2,1H3,(H,31,33). The summed E-state index contributed by atoms with van der Waals surface area (Å²) in [6, 6.07) is 24.1. The molecule has 1 aliphatic heterocycles. The first-order valence-electron chi connectivity index (χ1n) is 12.3. The third-order valence-corrected chi connectivity index (χ3v) is 7.91. The summed E-state index contributed by atoms with van der Waals surface area (Å²) < 4.78 is 0. The summed E-state index contributed by atoms with van der Waals surface area (Å²) in [6.07, 6.45) is 7.70. The molecule has 0 bridgehead atoms. The smallest absolute Gasteiger partial charge is 0.265 e. The third kappa shape index (κ3) is 5.35. The van der Waals surface area contributed by atoms with Gasteiger partial charge in [0.05, 0.1) is 17.1 Å². The zero-order valence-electron chi connectivity index (χ0n) is 20.0. The van der Waals surface area contributed by atoms with Crippen LogP contribution in [-0.4, -0.2) is 17.9 Å². The van der Waals surface area contributed by atoms with Crippen LogP contribution in [0.15, 0.2) is 82.6 Å². The van der Waals surface area contributed by atoms with Crippen molar-refractivity contribution >= 4 is 35.3 Å². The molecular formula is C30H30N2O2S. The van der Waals surface area contributed by atoms with Crippen molar-refractivity contribution in [2.24, 2.45) is 0 Å². The number of rotatable bonds is 5. The topological polar surface area (TPSA) is 49.4 Å². The molecule has 0 saturated heterocycles. The lowest BCUT2D eigenvalue weighted by atomic mass is 9.95. The van der Waals surface area contributed by atoms with Gasteiger partial charge < -0.3 is 10.2 Å². The predicted octanol–water partition coefficient (Wildman–Crippen LogP) is 6.74. The molecule has 0 aromatic heterocycles. The molecule has 3 aromatic rings. The van der Waals surface area contributed by atoms with Crippen LogP contribution in [0.2, 0.25) is 0 Å². The van der Waals surface area contributed by atoms with Crippen molar-refractivity contribution in [2.45, 2.75) is 56.5 Å². The minimum atomic E-state index is -0.0162. The van der Waals surface area contributed by atoms with E-state index in [1.54, 1.807) is 0 Å². The van der Waals surface area contributed by atoms with E-state index < -0.39 is 0 Å². The highest BCUT2D eigenvalue weighted by atomic mass is 32.2. The molecule has 0 atom stereocenters. The van der Waals surface area contributed by atoms with Crippen LogP contribution in [0.25, 0.3) is 6.08 Å². The summed E-state index contributed by atoms with van der Waals surface area (Å²) >= 11 is 1.50. The molecule has 3 aromatic carbocycles. The number of benzene rings is 3. The van der Waals surface area contributed by atoms with Gasteiger partial charge in [-0.25, -0.2) is 0 Å². The Hall–Kier alpha value is -3.31. The Morgan fingerprint density at radius 3 is 2.46 bits per heavy atom. The minimum Gasteiger partial charge on any atom is -0.349 e. The molecule has 178 valence electrons. The lowest BCUT2D eigenvalue weighted by Gasteiger charge is -2.31. The van der Waals surface area contributed by atoms with E-state index in [-0.39, 0.29) is 17.9 Å². The van der Waals surface area contributed by atoms with E-state index >= 15 is 0 Å². The van der Waals surface area contributed by atoms with Gasteiger partial charge in [-0.1, -0.05) is 79.6 Å². The average molecular weight is 483 g/mol. The van der Waals surface area contributed by atoms with Crippen LogP contribution in [0, 0.1) is 6.92 Å². The largest absolute Gasteiger partial charge is 0.349 e. The van der Waals surface area contributed by atoms with E-state index in [0.29, 0.717) is 17.0 Å². The molecule has 1 fully saturated rings. The van der Waals surface area contributed by atoms with Crippen LogP contribution in [0.4, 0.5) is 5.69 Å². The van der Waals surface area contributed by atoms with Crippen LogP contribution in [0.1, 0.15) is 59.2 Å². The maximum Gasteiger partial charge on any atom is 0.265 e. The summed E-state index contributed by atoms with van der Waals surface area (Å²) in [5.74, 6) is -0.0198. The number of nitrogens with one attached hydrogen (secondary N) is 1. The normalized spacial score (nSPS) is 17.3. The Labute approximate surface area is 211 Å². The molecule has 1 aliphatic carbocycles. The molecule has 1 saturated carbocycles. The van der Waals surface area contributed by atoms with E-state index in [1.165, 1.54) is 36.6 Å². The van der Waals surface area contributed by atoms with Crippen LogP contribution < -0.4 is 10.2 Å². The number of aryl methyl sites for hydroxylation is 1. The number of fused-ring (bicyclic) bond motifs is 1. The lowest BCUT2D eigenvalue weighted by Crippen LogP contribution is -2.36. The van der Waals surface area contributed by atoms with Gasteiger partial charge in [-0.2, -0.15) is 0 Å². The van der Waals surface area contributed by atoms with Crippen LogP contribution >= 0.6 is 11.8 Å². The van der Waals surface area contributed by atoms with Crippen molar-refractivity contribution in [3.05, 3.63) is 100.0 Å². The third-order valence-electron chi connectivity index (χ3n) is 6.83. The van der Waals surface area contributed by atoms with Crippen molar-refractivity contribution in [1.82, 2.24) is 5.32 Å². The van der Waals surface area contributed by atoms with Gasteiger partial charge >= 0.3 is 0 Å². The summed E-state index contributed by atoms with van der Waals surface area (Å²) in [5.41, 5.74) is 4.81. The van der Waals surface area contributed by atoms with Gasteiger partial charge in [0.15, 0.2) is 0 Å². The zero-order valence-corrected chi connectivity index (χ0v) is 20.8. The van der Waals surface area contributed by atoms with E-state index in [0.717, 1.165) is 34.6 Å². The lowest BCUT2D eigenvalue weighted by molar-refractivity contribution is -0.114. The van der Waals surface area contributed by atoms with Crippen LogP contribution in [-0.2, 0) is 11.3 Å². The van der Waals surface area contributed by atoms with Gasteiger partial charge in [0.2, 0.25) is 0 Å². The summed E-state index contributed by atoms with van der Waals surface area (Å²) in [7, 11) is 0. The fraction of sp³-hybridized carbons (Fsp3) is 0.267. The highest BCUT2D eigenvalue weighted by Gasteiger charge is 2.29. The molecule has 0 unspecified atom stereocenters. The fourth-order valence-corrected chi connectivity index (χ4v) is 5.83. The molecule has 5 heteroatoms. The van der Waals surface area contributed by atoms with Crippen molar-refractivity contribution in [1.29, 1.82) is 0 Å². The predicted molar refractivity (Wildman–Crippen MR) is 143 cm³/mol. The number of hydrogen-bond donors (Lipinski definition) is 1. The molecule has 1 N–H and O–H groups in total. The minimum absolute atomic E-state index is 0.00364. The van der Waals surface area contributed by atoms with E-state index in [2.05, 4.69) is 30.4 Å². The first-order valence-corrected chi connectivity index (χ1v) is 13.2. The highest BCUT2D eigenvalue weighted by Crippen LogP contribution is 2.42. The Morgan fingerprint density at radius 2 is 1.69 bits per heavy atom. The monoisotopic (exact) mass is 482 g/mol. The van der Waals surface area contributed by atoms with E-state index in [9.17, 15) is 9.59 Å². The second-order valence-corrected chi connectivity index (χ2v) is 10.4. The summed E-state index contributed by atoms with van der Waals surface area (Å²) in [5, 5.41) is 3.17. The second-order valence-electron chi connectivity index (χ2n) is 9.33. The van der Waals surface area contributed by atoms with Crippen molar-refractivity contribution < 1.29 is 9.59 Å². The molecule has 0 radical (unpaired) electrons. The molecule has 2 amide bonds. The first kappa shape index (κ1) is 23.4. The number of carbonyl (C=O) groups excluding carboxylic acids is 2. The Kier molecular flexibility index (Phi) is 7.05. The zero-order chi connectivity index (χ0) is 24.2. The second kappa shape index (κ2) is 10.5. The van der Waals surface area contributed by atoms with Crippen molar-refractivity contribution in [3.63, 3.8) is 0 Å². The number of nitrogens with zero attached hydrogens (tertiary/aromatic N) is 1. The molecule has 35 heavy (non-hydrogen) atoms. The van der Waals surface area contributed by atoms with Gasteiger partial charge in [-0.15, -0.1) is 0 Å². The summed E-state index contributed by atoms with van der Waals surface area (Å²) in [6.45, 7) is 2.60. The number of para-hydroxylation sites is 1. The molecule has 0 spiro atoms. The molecule has 2 aliphatic rings. The molecule has 4 nitrogen and oxygen atoms in total. The highest BCUT2D eigenvalue weighted by molar-refractivity contribution is 8.04. The Balaban J connectivity index is 1.36. The molecular weight excluding hydrogens is 452 g/mol. The van der Waals surface area contributed by atoms with Crippen LogP contribution in [0.3, 0.4) is 0 Å². The van der Waals surface area contributed by atoms with Crippen LogP contribution in [0.5, 0.6) is 0 Å². The average Bonchev–Trinajstić information content (AvgIpc) is 2.88. The van der Waals surface area contributed by atoms with Crippen molar-refractivity contribution in [2.75, 3.05) is 4.90 Å². The number of thioether (sulfide) groups is 1. The van der Waals surface area contributed by atoms with E-state index in [4.69, 9.17) is 0 Å². The Bertz CT molecular complexity index is 1260. The number of carbonyl (C=O) groups is 2. The quantitative estimate of drug-likeness (QED) is 0.410. The van der Waals surface area contributed by atoms with Gasteiger partial charge in [-0.3, -0.25) is 9.59 Å². The van der Waals surface area contributed by atoms with Gasteiger partial charge in [0.25, 0.3) is 11.8 Å². The Morgan fingerprint density at radius 1 is 0.971 bits per heavy atom. The SMILES string of the molecule is Cc1ccccc1CN1C(=O)C(=Cc2ccc(C(=O)NC3CCCCC3)cc2)Sc2ccccc21. The van der Waals surface area contributed by atoms with Gasteiger partial charge in [0.1, 0.15) is 0 Å². The summed E-state index contributed by atoms with van der Waals surface area (Å²) in [4.78, 5) is 29.8. The van der Waals surface area contributed by atoms with E-state index in [1.807, 2.05) is 65.6 Å². The maximum atomic E-state index is 13.6. The van der Waals surface area contributed by atoms with Gasteiger partial charge in [0, 0.05) is 16.5 Å². The maximum absolute atomic E-state index is 13.6. The van der Waals surface area contributed by atoms with Gasteiger partial charge in [-0.05, 0) is 66.8 Å².